The molecule has 0 atom stereocenters. The van der Waals surface area contributed by atoms with Crippen molar-refractivity contribution in [1.29, 1.82) is 0 Å². The van der Waals surface area contributed by atoms with Crippen molar-refractivity contribution < 1.29 is 4.42 Å². The Morgan fingerprint density at radius 2 is 0.781 bits per heavy atom. The van der Waals surface area contributed by atoms with Crippen molar-refractivity contribution in [2.75, 3.05) is 0 Å². The van der Waals surface area contributed by atoms with Gasteiger partial charge in [0.2, 0.25) is 0 Å². The fourth-order valence-corrected chi connectivity index (χ4v) is 9.63. The van der Waals surface area contributed by atoms with E-state index in [-0.39, 0.29) is 5.41 Å². The summed E-state index contributed by atoms with van der Waals surface area (Å²) in [5.41, 5.74) is 18.7. The Bertz CT molecular complexity index is 3570. The van der Waals surface area contributed by atoms with Gasteiger partial charge < -0.3 is 4.42 Å². The first-order valence-electron chi connectivity index (χ1n) is 21.8. The second-order valence-corrected chi connectivity index (χ2v) is 17.2. The summed E-state index contributed by atoms with van der Waals surface area (Å²) in [4.78, 5) is 15.6. The van der Waals surface area contributed by atoms with Crippen LogP contribution in [0.4, 0.5) is 0 Å². The van der Waals surface area contributed by atoms with Crippen LogP contribution in [-0.2, 0) is 5.41 Å². The molecule has 11 aromatic rings. The molecule has 0 saturated carbocycles. The van der Waals surface area contributed by atoms with Gasteiger partial charge in [0, 0.05) is 32.9 Å². The fourth-order valence-electron chi connectivity index (χ4n) is 9.63. The average Bonchev–Trinajstić information content (AvgIpc) is 3.85. The van der Waals surface area contributed by atoms with Gasteiger partial charge >= 0.3 is 0 Å². The first-order chi connectivity index (χ1) is 31.4. The Morgan fingerprint density at radius 3 is 1.52 bits per heavy atom. The van der Waals surface area contributed by atoms with Crippen molar-refractivity contribution in [3.05, 3.63) is 223 Å². The molecule has 64 heavy (non-hydrogen) atoms. The highest BCUT2D eigenvalue weighted by molar-refractivity contribution is 6.13. The van der Waals surface area contributed by atoms with Crippen LogP contribution in [0.3, 0.4) is 0 Å². The number of fused-ring (bicyclic) bond motifs is 6. The van der Waals surface area contributed by atoms with E-state index in [0.29, 0.717) is 17.5 Å². The molecule has 0 aliphatic heterocycles. The normalized spacial score (nSPS) is 12.7. The molecular formula is C60H41N3O. The maximum atomic E-state index is 6.56. The summed E-state index contributed by atoms with van der Waals surface area (Å²) in [6, 6.07) is 75.0. The van der Waals surface area contributed by atoms with Crippen LogP contribution in [0.25, 0.3) is 112 Å². The van der Waals surface area contributed by atoms with Crippen LogP contribution in [0.5, 0.6) is 0 Å². The molecule has 12 rings (SSSR count). The molecule has 0 spiro atoms. The van der Waals surface area contributed by atoms with Gasteiger partial charge in [0.25, 0.3) is 0 Å². The van der Waals surface area contributed by atoms with Crippen LogP contribution in [-0.4, -0.2) is 15.0 Å². The molecule has 0 bridgehead atoms. The summed E-state index contributed by atoms with van der Waals surface area (Å²) in [5, 5.41) is 2.14. The second-order valence-electron chi connectivity index (χ2n) is 17.2. The van der Waals surface area contributed by atoms with E-state index in [2.05, 4.69) is 208 Å². The number of hydrogen-bond donors (Lipinski definition) is 0. The summed E-state index contributed by atoms with van der Waals surface area (Å²) in [6.45, 7) is 4.65. The molecular weight excluding hydrogens is 779 g/mol. The lowest BCUT2D eigenvalue weighted by molar-refractivity contribution is 0.660. The fraction of sp³-hybridized carbons (Fsp3) is 0.0500. The Labute approximate surface area is 372 Å². The molecule has 0 unspecified atom stereocenters. The van der Waals surface area contributed by atoms with Crippen LogP contribution in [0.2, 0.25) is 0 Å². The molecule has 0 N–H and O–H groups in total. The maximum Gasteiger partial charge on any atom is 0.164 e. The van der Waals surface area contributed by atoms with Crippen LogP contribution < -0.4 is 0 Å². The zero-order chi connectivity index (χ0) is 42.8. The van der Waals surface area contributed by atoms with Crippen molar-refractivity contribution >= 4 is 21.9 Å². The number of nitrogens with zero attached hydrogens (tertiary/aromatic N) is 3. The van der Waals surface area contributed by atoms with Crippen LogP contribution in [0.1, 0.15) is 25.0 Å². The number of rotatable bonds is 7. The van der Waals surface area contributed by atoms with E-state index >= 15 is 0 Å². The largest absolute Gasteiger partial charge is 0.456 e. The van der Waals surface area contributed by atoms with E-state index < -0.39 is 0 Å². The molecule has 4 heteroatoms. The summed E-state index contributed by atoms with van der Waals surface area (Å²) in [5.74, 6) is 1.78. The Balaban J connectivity index is 0.964. The highest BCUT2D eigenvalue weighted by Crippen LogP contribution is 2.49. The van der Waals surface area contributed by atoms with Gasteiger partial charge in [-0.15, -0.1) is 0 Å². The third kappa shape index (κ3) is 6.42. The lowest BCUT2D eigenvalue weighted by atomic mass is 9.81. The van der Waals surface area contributed by atoms with E-state index in [1.165, 1.54) is 33.4 Å². The van der Waals surface area contributed by atoms with Gasteiger partial charge in [-0.2, -0.15) is 0 Å². The minimum absolute atomic E-state index is 0.0954. The molecule has 2 heterocycles. The van der Waals surface area contributed by atoms with Crippen LogP contribution >= 0.6 is 0 Å². The van der Waals surface area contributed by atoms with Gasteiger partial charge in [0.15, 0.2) is 17.5 Å². The molecule has 9 aromatic carbocycles. The number of aromatic nitrogens is 3. The molecule has 0 saturated heterocycles. The van der Waals surface area contributed by atoms with Gasteiger partial charge in [0.05, 0.1) is 0 Å². The zero-order valence-electron chi connectivity index (χ0n) is 35.5. The highest BCUT2D eigenvalue weighted by atomic mass is 16.3. The minimum atomic E-state index is -0.0954. The third-order valence-corrected chi connectivity index (χ3v) is 13.0. The molecule has 0 radical (unpaired) electrons. The van der Waals surface area contributed by atoms with Gasteiger partial charge in [0.1, 0.15) is 11.2 Å². The quantitative estimate of drug-likeness (QED) is 0.161. The standard InChI is InChI=1S/C60H41N3O/c1-60(2)52-24-10-9-22-49(52)50-32-30-45(36-53(50)60)44-20-12-21-46(35-44)58-61-57(41-28-26-39(27-29-41)43-19-11-18-42(34-43)38-14-5-3-6-15-38)62-59(63-58)47-31-33-51-55(37-47)64-54-25-13-23-48(56(51)54)40-16-7-4-8-17-40/h3-37H,1-2H3. The Morgan fingerprint density at radius 1 is 0.312 bits per heavy atom. The van der Waals surface area contributed by atoms with Gasteiger partial charge in [-0.05, 0) is 103 Å². The van der Waals surface area contributed by atoms with Gasteiger partial charge in [-0.1, -0.05) is 190 Å². The van der Waals surface area contributed by atoms with E-state index in [0.717, 1.165) is 72.0 Å². The van der Waals surface area contributed by atoms with Crippen molar-refractivity contribution in [3.8, 4) is 89.8 Å². The zero-order valence-corrected chi connectivity index (χ0v) is 35.5. The molecule has 4 nitrogen and oxygen atoms in total. The third-order valence-electron chi connectivity index (χ3n) is 13.0. The van der Waals surface area contributed by atoms with Gasteiger partial charge in [-0.3, -0.25) is 0 Å². The molecule has 0 amide bonds. The molecule has 1 aliphatic rings. The highest BCUT2D eigenvalue weighted by Gasteiger charge is 2.35. The van der Waals surface area contributed by atoms with Crippen molar-refractivity contribution in [3.63, 3.8) is 0 Å². The number of furan rings is 1. The van der Waals surface area contributed by atoms with Crippen molar-refractivity contribution in [2.24, 2.45) is 0 Å². The SMILES string of the molecule is CC1(C)c2ccccc2-c2ccc(-c3cccc(-c4nc(-c5ccc(-c6cccc(-c7ccccc7)c6)cc5)nc(-c5ccc6c(c5)oc5cccc(-c7ccccc7)c56)n4)c3)cc21. The second kappa shape index (κ2) is 15.0. The van der Waals surface area contributed by atoms with Crippen LogP contribution in [0, 0.1) is 0 Å². The first-order valence-corrected chi connectivity index (χ1v) is 21.8. The topological polar surface area (TPSA) is 51.8 Å². The predicted molar refractivity (Wildman–Crippen MR) is 263 cm³/mol. The van der Waals surface area contributed by atoms with Crippen LogP contribution in [0.15, 0.2) is 217 Å². The molecule has 1 aliphatic carbocycles. The summed E-state index contributed by atoms with van der Waals surface area (Å²) >= 11 is 0. The Hall–Kier alpha value is -8.21. The van der Waals surface area contributed by atoms with Crippen molar-refractivity contribution in [2.45, 2.75) is 19.3 Å². The molecule has 302 valence electrons. The van der Waals surface area contributed by atoms with E-state index in [1.54, 1.807) is 0 Å². The van der Waals surface area contributed by atoms with E-state index in [4.69, 9.17) is 19.4 Å². The predicted octanol–water partition coefficient (Wildman–Crippen LogP) is 15.7. The van der Waals surface area contributed by atoms with Gasteiger partial charge in [-0.25, -0.2) is 15.0 Å². The summed E-state index contributed by atoms with van der Waals surface area (Å²) in [6.07, 6.45) is 0. The number of hydrogen-bond acceptors (Lipinski definition) is 4. The van der Waals surface area contributed by atoms with Crippen molar-refractivity contribution in [1.82, 2.24) is 15.0 Å². The average molecular weight is 820 g/mol. The van der Waals surface area contributed by atoms with E-state index in [1.807, 2.05) is 18.2 Å². The maximum absolute atomic E-state index is 6.56. The molecule has 2 aromatic heterocycles. The summed E-state index contributed by atoms with van der Waals surface area (Å²) in [7, 11) is 0. The minimum Gasteiger partial charge on any atom is -0.456 e. The monoisotopic (exact) mass is 819 g/mol. The summed E-state index contributed by atoms with van der Waals surface area (Å²) < 4.78 is 6.56. The lowest BCUT2D eigenvalue weighted by Gasteiger charge is -2.22. The smallest absolute Gasteiger partial charge is 0.164 e. The molecule has 0 fully saturated rings. The Kier molecular flexibility index (Phi) is 8.80. The van der Waals surface area contributed by atoms with E-state index in [9.17, 15) is 0 Å². The number of benzene rings is 9. The first kappa shape index (κ1) is 37.5. The lowest BCUT2D eigenvalue weighted by Crippen LogP contribution is -2.14.